The van der Waals surface area contributed by atoms with Gasteiger partial charge in [-0.15, -0.1) is 24.0 Å². The van der Waals surface area contributed by atoms with Crippen LogP contribution >= 0.6 is 24.0 Å². The molecule has 2 aliphatic rings. The largest absolute Gasteiger partial charge is 0.394 e. The van der Waals surface area contributed by atoms with E-state index in [9.17, 15) is 0 Å². The van der Waals surface area contributed by atoms with Crippen LogP contribution in [0.5, 0.6) is 0 Å². The van der Waals surface area contributed by atoms with Crippen molar-refractivity contribution in [2.75, 3.05) is 39.5 Å². The standard InChI is InChI=1S/C12H23N3O3.HI/c1-10-8-13-11(15-10)14-9-12(18-7-4-16)2-5-17-6-3-12;/h10,16H,2-9H2,1H3,(H2,13,14,15);1H. The predicted molar refractivity (Wildman–Crippen MR) is 84.1 cm³/mol. The Kier molecular flexibility index (Phi) is 7.33. The average Bonchev–Trinajstić information content (AvgIpc) is 2.81. The van der Waals surface area contributed by atoms with E-state index in [0.717, 1.165) is 25.3 Å². The van der Waals surface area contributed by atoms with Gasteiger partial charge in [0, 0.05) is 38.6 Å². The van der Waals surface area contributed by atoms with Gasteiger partial charge in [0.05, 0.1) is 25.4 Å². The van der Waals surface area contributed by atoms with E-state index in [1.54, 1.807) is 0 Å². The smallest absolute Gasteiger partial charge is 0.191 e. The van der Waals surface area contributed by atoms with Gasteiger partial charge in [-0.1, -0.05) is 0 Å². The van der Waals surface area contributed by atoms with Crippen molar-refractivity contribution in [2.45, 2.75) is 31.4 Å². The third-order valence-electron chi connectivity index (χ3n) is 3.39. The number of aliphatic hydroxyl groups excluding tert-OH is 1. The molecule has 2 heterocycles. The van der Waals surface area contributed by atoms with Gasteiger partial charge < -0.3 is 25.2 Å². The first-order chi connectivity index (χ1) is 8.74. The highest BCUT2D eigenvalue weighted by Gasteiger charge is 2.34. The minimum absolute atomic E-state index is 0. The summed E-state index contributed by atoms with van der Waals surface area (Å²) in [6.45, 7) is 5.47. The SMILES string of the molecule is CC1CN=C(NCC2(OCCO)CCOCC2)N1.I. The van der Waals surface area contributed by atoms with E-state index in [0.29, 0.717) is 32.4 Å². The summed E-state index contributed by atoms with van der Waals surface area (Å²) in [7, 11) is 0. The quantitative estimate of drug-likeness (QED) is 0.586. The molecule has 0 aromatic heterocycles. The molecule has 2 rings (SSSR count). The molecule has 112 valence electrons. The van der Waals surface area contributed by atoms with Crippen molar-refractivity contribution in [2.24, 2.45) is 4.99 Å². The Morgan fingerprint density at radius 2 is 2.26 bits per heavy atom. The van der Waals surface area contributed by atoms with E-state index in [1.165, 1.54) is 0 Å². The first-order valence-corrected chi connectivity index (χ1v) is 6.61. The van der Waals surface area contributed by atoms with Crippen molar-refractivity contribution in [1.82, 2.24) is 10.6 Å². The van der Waals surface area contributed by atoms with E-state index in [-0.39, 0.29) is 36.2 Å². The number of guanidine groups is 1. The van der Waals surface area contributed by atoms with Gasteiger partial charge in [-0.2, -0.15) is 0 Å². The van der Waals surface area contributed by atoms with E-state index >= 15 is 0 Å². The molecule has 1 atom stereocenters. The Morgan fingerprint density at radius 3 is 2.84 bits per heavy atom. The maximum absolute atomic E-state index is 8.91. The maximum Gasteiger partial charge on any atom is 0.191 e. The molecule has 2 aliphatic heterocycles. The number of aliphatic hydroxyl groups is 1. The molecule has 3 N–H and O–H groups in total. The summed E-state index contributed by atoms with van der Waals surface area (Å²) < 4.78 is 11.2. The first-order valence-electron chi connectivity index (χ1n) is 6.61. The second-order valence-corrected chi connectivity index (χ2v) is 4.96. The van der Waals surface area contributed by atoms with Gasteiger partial charge in [-0.3, -0.25) is 4.99 Å². The summed E-state index contributed by atoms with van der Waals surface area (Å²) in [6, 6.07) is 0.400. The number of halogens is 1. The number of hydrogen-bond acceptors (Lipinski definition) is 6. The summed E-state index contributed by atoms with van der Waals surface area (Å²) in [5.41, 5.74) is -0.239. The molecule has 0 aliphatic carbocycles. The number of ether oxygens (including phenoxy) is 2. The van der Waals surface area contributed by atoms with E-state index < -0.39 is 0 Å². The Hall–Kier alpha value is -0.120. The van der Waals surface area contributed by atoms with Crippen LogP contribution in [0.2, 0.25) is 0 Å². The highest BCUT2D eigenvalue weighted by molar-refractivity contribution is 14.0. The topological polar surface area (TPSA) is 75.1 Å². The van der Waals surface area contributed by atoms with Crippen LogP contribution in [0.15, 0.2) is 4.99 Å². The predicted octanol–water partition coefficient (Wildman–Crippen LogP) is 0.0998. The zero-order valence-corrected chi connectivity index (χ0v) is 13.7. The first kappa shape index (κ1) is 16.9. The number of rotatable bonds is 5. The number of nitrogens with zero attached hydrogens (tertiary/aromatic N) is 1. The van der Waals surface area contributed by atoms with Crippen molar-refractivity contribution in [1.29, 1.82) is 0 Å². The summed E-state index contributed by atoms with van der Waals surface area (Å²) in [5.74, 6) is 0.848. The van der Waals surface area contributed by atoms with Crippen molar-refractivity contribution in [3.8, 4) is 0 Å². The number of aliphatic imine (C=N–C) groups is 1. The Bertz CT molecular complexity index is 296. The summed E-state index contributed by atoms with van der Waals surface area (Å²) in [5, 5.41) is 15.5. The highest BCUT2D eigenvalue weighted by atomic mass is 127. The van der Waals surface area contributed by atoms with E-state index in [1.807, 2.05) is 0 Å². The second kappa shape index (κ2) is 8.23. The molecule has 0 spiro atoms. The average molecular weight is 385 g/mol. The van der Waals surface area contributed by atoms with Crippen LogP contribution in [0, 0.1) is 0 Å². The molecule has 0 saturated carbocycles. The third kappa shape index (κ3) is 5.05. The fourth-order valence-electron chi connectivity index (χ4n) is 2.28. The Balaban J connectivity index is 0.00000180. The van der Waals surface area contributed by atoms with Gasteiger partial charge in [-0.05, 0) is 6.92 Å². The highest BCUT2D eigenvalue weighted by Crippen LogP contribution is 2.24. The second-order valence-electron chi connectivity index (χ2n) is 4.96. The van der Waals surface area contributed by atoms with Crippen LogP contribution in [0.4, 0.5) is 0 Å². The molecule has 0 aromatic carbocycles. The van der Waals surface area contributed by atoms with Gasteiger partial charge >= 0.3 is 0 Å². The maximum atomic E-state index is 8.91. The lowest BCUT2D eigenvalue weighted by Crippen LogP contribution is -2.51. The summed E-state index contributed by atoms with van der Waals surface area (Å²) >= 11 is 0. The van der Waals surface area contributed by atoms with Crippen LogP contribution in [0.25, 0.3) is 0 Å². The van der Waals surface area contributed by atoms with E-state index in [4.69, 9.17) is 14.6 Å². The van der Waals surface area contributed by atoms with Crippen LogP contribution in [0.1, 0.15) is 19.8 Å². The molecule has 0 aromatic rings. The molecular weight excluding hydrogens is 361 g/mol. The van der Waals surface area contributed by atoms with Crippen molar-refractivity contribution < 1.29 is 14.6 Å². The van der Waals surface area contributed by atoms with Crippen LogP contribution in [0.3, 0.4) is 0 Å². The lowest BCUT2D eigenvalue weighted by Gasteiger charge is -2.37. The fraction of sp³-hybridized carbons (Fsp3) is 0.917. The third-order valence-corrected chi connectivity index (χ3v) is 3.39. The minimum Gasteiger partial charge on any atom is -0.394 e. The monoisotopic (exact) mass is 385 g/mol. The summed E-state index contributed by atoms with van der Waals surface area (Å²) in [4.78, 5) is 4.37. The Morgan fingerprint density at radius 1 is 1.53 bits per heavy atom. The molecule has 0 amide bonds. The van der Waals surface area contributed by atoms with Gasteiger partial charge in [0.25, 0.3) is 0 Å². The molecular formula is C12H24IN3O3. The van der Waals surface area contributed by atoms with Crippen LogP contribution in [-0.2, 0) is 9.47 Å². The lowest BCUT2D eigenvalue weighted by molar-refractivity contribution is -0.113. The molecule has 6 nitrogen and oxygen atoms in total. The van der Waals surface area contributed by atoms with Gasteiger partial charge in [-0.25, -0.2) is 0 Å². The molecule has 1 saturated heterocycles. The minimum atomic E-state index is -0.239. The summed E-state index contributed by atoms with van der Waals surface area (Å²) in [6.07, 6.45) is 1.70. The molecule has 7 heteroatoms. The van der Waals surface area contributed by atoms with Crippen LogP contribution < -0.4 is 10.6 Å². The van der Waals surface area contributed by atoms with Crippen molar-refractivity contribution in [3.63, 3.8) is 0 Å². The molecule has 0 bridgehead atoms. The van der Waals surface area contributed by atoms with Crippen molar-refractivity contribution >= 4 is 29.9 Å². The Labute approximate surface area is 131 Å². The normalized spacial score (nSPS) is 25.2. The van der Waals surface area contributed by atoms with Crippen LogP contribution in [-0.4, -0.2) is 62.2 Å². The molecule has 0 radical (unpaired) electrons. The zero-order chi connectivity index (χ0) is 12.8. The lowest BCUT2D eigenvalue weighted by atomic mass is 9.94. The van der Waals surface area contributed by atoms with Gasteiger partial charge in [0.2, 0.25) is 0 Å². The van der Waals surface area contributed by atoms with Crippen molar-refractivity contribution in [3.05, 3.63) is 0 Å². The number of hydrogen-bond donors (Lipinski definition) is 3. The molecule has 19 heavy (non-hydrogen) atoms. The molecule has 1 unspecified atom stereocenters. The van der Waals surface area contributed by atoms with Gasteiger partial charge in [0.1, 0.15) is 0 Å². The number of nitrogens with one attached hydrogen (secondary N) is 2. The fourth-order valence-corrected chi connectivity index (χ4v) is 2.28. The zero-order valence-electron chi connectivity index (χ0n) is 11.4. The van der Waals surface area contributed by atoms with E-state index in [2.05, 4.69) is 22.5 Å². The molecule has 1 fully saturated rings. The van der Waals surface area contributed by atoms with Gasteiger partial charge in [0.15, 0.2) is 5.96 Å².